The van der Waals surface area contributed by atoms with Crippen LogP contribution in [0.3, 0.4) is 0 Å². The number of hydrogen-bond acceptors (Lipinski definition) is 2. The molecule has 0 N–H and O–H groups in total. The summed E-state index contributed by atoms with van der Waals surface area (Å²) >= 11 is 0. The molecular weight excluding hydrogens is 234 g/mol. The van der Waals surface area contributed by atoms with Crippen LogP contribution in [0.25, 0.3) is 0 Å². The zero-order valence-electron chi connectivity index (χ0n) is 13.2. The first-order chi connectivity index (χ1) is 8.97. The third-order valence-corrected chi connectivity index (χ3v) is 5.96. The maximum Gasteiger partial charge on any atom is 0.156 e. The van der Waals surface area contributed by atoms with Gasteiger partial charge in [-0.05, 0) is 58.0 Å². The first-order valence-electron chi connectivity index (χ1n) is 8.19. The molecule has 0 amide bonds. The normalized spacial score (nSPS) is 35.3. The number of nitrogens with zero attached hydrogens (tertiary/aromatic N) is 1. The van der Waals surface area contributed by atoms with Crippen LogP contribution in [0, 0.1) is 17.8 Å². The predicted octanol–water partition coefficient (Wildman–Crippen LogP) is 3.89. The van der Waals surface area contributed by atoms with Gasteiger partial charge in [0.2, 0.25) is 0 Å². The Morgan fingerprint density at radius 3 is 2.16 bits per heavy atom. The Labute approximate surface area is 118 Å². The fourth-order valence-corrected chi connectivity index (χ4v) is 4.22. The van der Waals surface area contributed by atoms with Crippen molar-refractivity contribution in [3.05, 3.63) is 0 Å². The van der Waals surface area contributed by atoms with Gasteiger partial charge in [0, 0.05) is 5.92 Å². The minimum Gasteiger partial charge on any atom is -0.297 e. The van der Waals surface area contributed by atoms with Crippen molar-refractivity contribution in [1.29, 1.82) is 0 Å². The Kier molecular flexibility index (Phi) is 4.70. The molecule has 0 aromatic rings. The summed E-state index contributed by atoms with van der Waals surface area (Å²) in [5.74, 6) is 2.40. The van der Waals surface area contributed by atoms with Crippen molar-refractivity contribution in [2.75, 3.05) is 14.1 Å². The molecule has 2 aliphatic rings. The molecule has 0 saturated heterocycles. The maximum atomic E-state index is 13.1. The lowest BCUT2D eigenvalue weighted by Gasteiger charge is -2.45. The molecule has 3 atom stereocenters. The molecule has 0 aliphatic heterocycles. The molecule has 0 heterocycles. The van der Waals surface area contributed by atoms with Gasteiger partial charge in [-0.15, -0.1) is 0 Å². The van der Waals surface area contributed by atoms with E-state index in [-0.39, 0.29) is 5.54 Å². The zero-order valence-corrected chi connectivity index (χ0v) is 13.2. The average molecular weight is 265 g/mol. The largest absolute Gasteiger partial charge is 0.297 e. The van der Waals surface area contributed by atoms with Crippen LogP contribution in [0.4, 0.5) is 0 Å². The molecule has 19 heavy (non-hydrogen) atoms. The standard InChI is InChI=1S/C17H31NO/c1-13-8-9-15(12-14(13)2)16(19)17(18(3)4)10-6-5-7-11-17/h13-15H,5-12H2,1-4H3. The van der Waals surface area contributed by atoms with Gasteiger partial charge in [-0.3, -0.25) is 9.69 Å². The molecule has 0 aromatic heterocycles. The Balaban J connectivity index is 2.11. The third kappa shape index (κ3) is 2.89. The number of carbonyl (C=O) groups is 1. The predicted molar refractivity (Wildman–Crippen MR) is 80.2 cm³/mol. The van der Waals surface area contributed by atoms with E-state index in [0.29, 0.717) is 17.6 Å². The van der Waals surface area contributed by atoms with Gasteiger partial charge in [0.25, 0.3) is 0 Å². The van der Waals surface area contributed by atoms with Gasteiger partial charge in [-0.2, -0.15) is 0 Å². The van der Waals surface area contributed by atoms with E-state index >= 15 is 0 Å². The number of Topliss-reactive ketones (excluding diaryl/α,β-unsaturated/α-hetero) is 1. The molecule has 2 nitrogen and oxygen atoms in total. The Morgan fingerprint density at radius 2 is 1.63 bits per heavy atom. The Bertz CT molecular complexity index is 317. The highest BCUT2D eigenvalue weighted by atomic mass is 16.1. The van der Waals surface area contributed by atoms with Crippen LogP contribution in [0.2, 0.25) is 0 Å². The van der Waals surface area contributed by atoms with E-state index in [4.69, 9.17) is 0 Å². The van der Waals surface area contributed by atoms with E-state index in [9.17, 15) is 4.79 Å². The molecule has 110 valence electrons. The summed E-state index contributed by atoms with van der Waals surface area (Å²) in [7, 11) is 4.22. The second-order valence-electron chi connectivity index (χ2n) is 7.32. The summed E-state index contributed by atoms with van der Waals surface area (Å²) in [6, 6.07) is 0. The fourth-order valence-electron chi connectivity index (χ4n) is 4.22. The summed E-state index contributed by atoms with van der Waals surface area (Å²) in [6.07, 6.45) is 9.40. The van der Waals surface area contributed by atoms with Crippen molar-refractivity contribution in [2.24, 2.45) is 17.8 Å². The Hall–Kier alpha value is -0.370. The summed E-state index contributed by atoms with van der Waals surface area (Å²) in [5, 5.41) is 0. The summed E-state index contributed by atoms with van der Waals surface area (Å²) in [5.41, 5.74) is -0.136. The van der Waals surface area contributed by atoms with Crippen molar-refractivity contribution in [1.82, 2.24) is 4.90 Å². The summed E-state index contributed by atoms with van der Waals surface area (Å²) in [4.78, 5) is 15.4. The zero-order chi connectivity index (χ0) is 14.0. The van der Waals surface area contributed by atoms with Crippen LogP contribution in [-0.2, 0) is 4.79 Å². The van der Waals surface area contributed by atoms with Crippen molar-refractivity contribution in [3.8, 4) is 0 Å². The smallest absolute Gasteiger partial charge is 0.156 e. The summed E-state index contributed by atoms with van der Waals surface area (Å²) < 4.78 is 0. The van der Waals surface area contributed by atoms with Crippen molar-refractivity contribution >= 4 is 5.78 Å². The molecule has 2 aliphatic carbocycles. The highest BCUT2D eigenvalue weighted by Gasteiger charge is 2.45. The molecule has 0 radical (unpaired) electrons. The molecule has 2 saturated carbocycles. The molecule has 3 unspecified atom stereocenters. The number of rotatable bonds is 3. The molecule has 0 aromatic carbocycles. The van der Waals surface area contributed by atoms with Crippen molar-refractivity contribution in [3.63, 3.8) is 0 Å². The SMILES string of the molecule is CC1CCC(C(=O)C2(N(C)C)CCCCC2)CC1C. The Morgan fingerprint density at radius 1 is 1.00 bits per heavy atom. The second-order valence-corrected chi connectivity index (χ2v) is 7.32. The van der Waals surface area contributed by atoms with Crippen LogP contribution in [0.1, 0.15) is 65.2 Å². The summed E-state index contributed by atoms with van der Waals surface area (Å²) in [6.45, 7) is 4.67. The highest BCUT2D eigenvalue weighted by Crippen LogP contribution is 2.41. The van der Waals surface area contributed by atoms with E-state index < -0.39 is 0 Å². The fraction of sp³-hybridized carbons (Fsp3) is 0.941. The lowest BCUT2D eigenvalue weighted by molar-refractivity contribution is -0.138. The number of hydrogen-bond donors (Lipinski definition) is 0. The maximum absolute atomic E-state index is 13.1. The highest BCUT2D eigenvalue weighted by molar-refractivity contribution is 5.90. The first kappa shape index (κ1) is 15.0. The molecule has 2 fully saturated rings. The van der Waals surface area contributed by atoms with Gasteiger partial charge in [-0.1, -0.05) is 33.1 Å². The topological polar surface area (TPSA) is 20.3 Å². The van der Waals surface area contributed by atoms with Crippen molar-refractivity contribution in [2.45, 2.75) is 70.8 Å². The first-order valence-corrected chi connectivity index (χ1v) is 8.19. The van der Waals surface area contributed by atoms with E-state index in [1.54, 1.807) is 0 Å². The third-order valence-electron chi connectivity index (χ3n) is 5.96. The van der Waals surface area contributed by atoms with Gasteiger partial charge in [0.05, 0.1) is 5.54 Å². The van der Waals surface area contributed by atoms with E-state index in [1.165, 1.54) is 25.7 Å². The molecular formula is C17H31NO. The molecule has 0 bridgehead atoms. The van der Waals surface area contributed by atoms with Crippen LogP contribution in [-0.4, -0.2) is 30.3 Å². The van der Waals surface area contributed by atoms with Crippen molar-refractivity contribution < 1.29 is 4.79 Å². The second kappa shape index (κ2) is 5.95. The molecule has 0 spiro atoms. The lowest BCUT2D eigenvalue weighted by atomic mass is 9.67. The van der Waals surface area contributed by atoms with E-state index in [1.807, 2.05) is 0 Å². The number of carbonyl (C=O) groups excluding carboxylic acids is 1. The van der Waals surface area contributed by atoms with Gasteiger partial charge >= 0.3 is 0 Å². The van der Waals surface area contributed by atoms with Crippen LogP contribution >= 0.6 is 0 Å². The van der Waals surface area contributed by atoms with Gasteiger partial charge in [0.1, 0.15) is 0 Å². The van der Waals surface area contributed by atoms with E-state index in [2.05, 4.69) is 32.8 Å². The average Bonchev–Trinajstić information content (AvgIpc) is 2.41. The quantitative estimate of drug-likeness (QED) is 0.771. The number of likely N-dealkylation sites (N-methyl/N-ethyl adjacent to an activating group) is 1. The minimum atomic E-state index is -0.136. The monoisotopic (exact) mass is 265 g/mol. The molecule has 2 rings (SSSR count). The van der Waals surface area contributed by atoms with Gasteiger partial charge < -0.3 is 0 Å². The lowest BCUT2D eigenvalue weighted by Crippen LogP contribution is -2.55. The van der Waals surface area contributed by atoms with Crippen LogP contribution in [0.15, 0.2) is 0 Å². The van der Waals surface area contributed by atoms with Crippen LogP contribution < -0.4 is 0 Å². The number of ketones is 1. The van der Waals surface area contributed by atoms with Crippen LogP contribution in [0.5, 0.6) is 0 Å². The molecule has 2 heteroatoms. The van der Waals surface area contributed by atoms with Gasteiger partial charge in [-0.25, -0.2) is 0 Å². The van der Waals surface area contributed by atoms with Gasteiger partial charge in [0.15, 0.2) is 5.78 Å². The minimum absolute atomic E-state index is 0.136. The van der Waals surface area contributed by atoms with E-state index in [0.717, 1.165) is 31.6 Å².